The number of hydrogen-bond acceptors (Lipinski definition) is 2. The molecule has 0 unspecified atom stereocenters. The van der Waals surface area contributed by atoms with Gasteiger partial charge >= 0.3 is 0 Å². The van der Waals surface area contributed by atoms with E-state index in [1.54, 1.807) is 14.0 Å². The average Bonchev–Trinajstić information content (AvgIpc) is 2.26. The highest BCUT2D eigenvalue weighted by Gasteiger charge is 2.22. The van der Waals surface area contributed by atoms with E-state index < -0.39 is 0 Å². The summed E-state index contributed by atoms with van der Waals surface area (Å²) in [5.41, 5.74) is 3.26. The molecule has 3 heteroatoms. The van der Waals surface area contributed by atoms with Gasteiger partial charge in [0, 0.05) is 0 Å². The highest BCUT2D eigenvalue weighted by Crippen LogP contribution is 2.37. The number of rotatable bonds is 2. The van der Waals surface area contributed by atoms with Crippen LogP contribution in [0.4, 0.5) is 0 Å². The lowest BCUT2D eigenvalue weighted by Crippen LogP contribution is -2.11. The summed E-state index contributed by atoms with van der Waals surface area (Å²) in [6.07, 6.45) is 4.44. The SMILES string of the molecule is COc1c(Br)cc2c(c1C(C)=O)CCCC2. The van der Waals surface area contributed by atoms with Crippen molar-refractivity contribution < 1.29 is 9.53 Å². The maximum absolute atomic E-state index is 11.7. The van der Waals surface area contributed by atoms with Crippen molar-refractivity contribution in [2.75, 3.05) is 7.11 Å². The van der Waals surface area contributed by atoms with Crippen LogP contribution in [0, 0.1) is 0 Å². The molecule has 2 nitrogen and oxygen atoms in total. The van der Waals surface area contributed by atoms with Gasteiger partial charge in [-0.25, -0.2) is 0 Å². The number of ether oxygens (including phenoxy) is 1. The predicted molar refractivity (Wildman–Crippen MR) is 67.3 cm³/mol. The molecule has 1 aliphatic rings. The van der Waals surface area contributed by atoms with E-state index in [0.29, 0.717) is 5.75 Å². The van der Waals surface area contributed by atoms with Crippen LogP contribution in [0.1, 0.15) is 41.3 Å². The van der Waals surface area contributed by atoms with Crippen molar-refractivity contribution in [1.29, 1.82) is 0 Å². The second-order valence-corrected chi connectivity index (χ2v) is 5.02. The van der Waals surface area contributed by atoms with Crippen molar-refractivity contribution in [1.82, 2.24) is 0 Å². The summed E-state index contributed by atoms with van der Waals surface area (Å²) >= 11 is 3.48. The number of carbonyl (C=O) groups excluding carboxylic acids is 1. The molecule has 0 saturated heterocycles. The summed E-state index contributed by atoms with van der Waals surface area (Å²) in [6.45, 7) is 1.61. The third-order valence-corrected chi connectivity index (χ3v) is 3.70. The zero-order chi connectivity index (χ0) is 11.7. The van der Waals surface area contributed by atoms with Gasteiger partial charge in [-0.3, -0.25) is 4.79 Å². The topological polar surface area (TPSA) is 26.3 Å². The number of aryl methyl sites for hydroxylation is 1. The van der Waals surface area contributed by atoms with Crippen molar-refractivity contribution in [3.8, 4) is 5.75 Å². The lowest BCUT2D eigenvalue weighted by Gasteiger charge is -2.21. The van der Waals surface area contributed by atoms with Crippen molar-refractivity contribution in [3.63, 3.8) is 0 Å². The summed E-state index contributed by atoms with van der Waals surface area (Å²) in [6, 6.07) is 2.10. The fourth-order valence-corrected chi connectivity index (χ4v) is 3.06. The van der Waals surface area contributed by atoms with E-state index in [0.717, 1.165) is 29.3 Å². The van der Waals surface area contributed by atoms with Gasteiger partial charge < -0.3 is 4.74 Å². The molecule has 16 heavy (non-hydrogen) atoms. The van der Waals surface area contributed by atoms with Gasteiger partial charge in [-0.1, -0.05) is 0 Å². The van der Waals surface area contributed by atoms with E-state index >= 15 is 0 Å². The van der Waals surface area contributed by atoms with E-state index in [9.17, 15) is 4.79 Å². The summed E-state index contributed by atoms with van der Waals surface area (Å²) in [7, 11) is 1.61. The minimum atomic E-state index is 0.0938. The smallest absolute Gasteiger partial charge is 0.163 e. The number of halogens is 1. The van der Waals surface area contributed by atoms with Crippen LogP contribution in [0.15, 0.2) is 10.5 Å². The van der Waals surface area contributed by atoms with Crippen molar-refractivity contribution in [2.24, 2.45) is 0 Å². The third-order valence-electron chi connectivity index (χ3n) is 3.11. The Morgan fingerprint density at radius 3 is 2.69 bits per heavy atom. The van der Waals surface area contributed by atoms with Crippen LogP contribution in [0.5, 0.6) is 5.75 Å². The molecule has 0 heterocycles. The predicted octanol–water partition coefficient (Wildman–Crippen LogP) is 3.54. The summed E-state index contributed by atoms with van der Waals surface area (Å²) in [5, 5.41) is 0. The molecule has 1 aromatic carbocycles. The van der Waals surface area contributed by atoms with Gasteiger partial charge in [0.2, 0.25) is 0 Å². The number of ketones is 1. The molecule has 0 radical (unpaired) electrons. The standard InChI is InChI=1S/C13H15BrO2/c1-8(15)12-10-6-4-3-5-9(10)7-11(14)13(12)16-2/h7H,3-6H2,1-2H3. The average molecular weight is 283 g/mol. The van der Waals surface area contributed by atoms with Gasteiger partial charge in [0.1, 0.15) is 5.75 Å². The minimum absolute atomic E-state index is 0.0938. The fraction of sp³-hybridized carbons (Fsp3) is 0.462. The molecule has 0 atom stereocenters. The third kappa shape index (κ3) is 1.88. The molecule has 86 valence electrons. The second-order valence-electron chi connectivity index (χ2n) is 4.17. The molecule has 0 fully saturated rings. The Labute approximate surface area is 104 Å². The maximum atomic E-state index is 11.7. The molecule has 0 spiro atoms. The molecule has 2 rings (SSSR count). The van der Waals surface area contributed by atoms with Gasteiger partial charge in [0.05, 0.1) is 17.1 Å². The Morgan fingerprint density at radius 1 is 1.38 bits per heavy atom. The van der Waals surface area contributed by atoms with E-state index in [-0.39, 0.29) is 5.78 Å². The first-order valence-electron chi connectivity index (χ1n) is 5.54. The summed E-state index contributed by atoms with van der Waals surface area (Å²) in [4.78, 5) is 11.7. The van der Waals surface area contributed by atoms with Gasteiger partial charge in [0.15, 0.2) is 5.78 Å². The highest BCUT2D eigenvalue weighted by molar-refractivity contribution is 9.10. The molecule has 0 amide bonds. The lowest BCUT2D eigenvalue weighted by molar-refractivity contribution is 0.101. The molecular formula is C13H15BrO2. The van der Waals surface area contributed by atoms with Crippen molar-refractivity contribution >= 4 is 21.7 Å². The molecule has 1 aliphatic carbocycles. The van der Waals surface area contributed by atoms with Gasteiger partial charge in [-0.15, -0.1) is 0 Å². The van der Waals surface area contributed by atoms with Crippen LogP contribution in [-0.4, -0.2) is 12.9 Å². The second kappa shape index (κ2) is 4.58. The number of methoxy groups -OCH3 is 1. The molecule has 0 bridgehead atoms. The normalized spacial score (nSPS) is 14.4. The molecule has 0 N–H and O–H groups in total. The Morgan fingerprint density at radius 2 is 2.06 bits per heavy atom. The number of Topliss-reactive ketones (excluding diaryl/α,β-unsaturated/α-hetero) is 1. The van der Waals surface area contributed by atoms with Gasteiger partial charge in [-0.2, -0.15) is 0 Å². The van der Waals surface area contributed by atoms with Gasteiger partial charge in [0.25, 0.3) is 0 Å². The summed E-state index contributed by atoms with van der Waals surface area (Å²) in [5.74, 6) is 0.782. The van der Waals surface area contributed by atoms with Crippen LogP contribution in [0.25, 0.3) is 0 Å². The zero-order valence-electron chi connectivity index (χ0n) is 9.60. The summed E-state index contributed by atoms with van der Waals surface area (Å²) < 4.78 is 6.23. The van der Waals surface area contributed by atoms with Crippen LogP contribution < -0.4 is 4.74 Å². The van der Waals surface area contributed by atoms with Gasteiger partial charge in [-0.05, 0) is 65.7 Å². The number of carbonyl (C=O) groups is 1. The number of fused-ring (bicyclic) bond motifs is 1. The first-order valence-corrected chi connectivity index (χ1v) is 6.33. The number of benzene rings is 1. The quantitative estimate of drug-likeness (QED) is 0.776. The highest BCUT2D eigenvalue weighted by atomic mass is 79.9. The Kier molecular flexibility index (Phi) is 3.33. The van der Waals surface area contributed by atoms with Crippen LogP contribution >= 0.6 is 15.9 Å². The maximum Gasteiger partial charge on any atom is 0.163 e. The van der Waals surface area contributed by atoms with Crippen molar-refractivity contribution in [2.45, 2.75) is 32.6 Å². The minimum Gasteiger partial charge on any atom is -0.495 e. The first-order chi connectivity index (χ1) is 7.65. The van der Waals surface area contributed by atoms with Crippen LogP contribution in [0.3, 0.4) is 0 Å². The molecule has 1 aromatic rings. The molecule has 0 aliphatic heterocycles. The monoisotopic (exact) mass is 282 g/mol. The van der Waals surface area contributed by atoms with Crippen LogP contribution in [-0.2, 0) is 12.8 Å². The van der Waals surface area contributed by atoms with E-state index in [1.165, 1.54) is 17.5 Å². The molecule has 0 saturated carbocycles. The molecule has 0 aromatic heterocycles. The number of hydrogen-bond donors (Lipinski definition) is 0. The Bertz CT molecular complexity index is 438. The lowest BCUT2D eigenvalue weighted by atomic mass is 9.86. The molecular weight excluding hydrogens is 268 g/mol. The first kappa shape index (κ1) is 11.6. The Balaban J connectivity index is 2.68. The largest absolute Gasteiger partial charge is 0.495 e. The van der Waals surface area contributed by atoms with Crippen molar-refractivity contribution in [3.05, 3.63) is 27.2 Å². The van der Waals surface area contributed by atoms with Crippen LogP contribution in [0.2, 0.25) is 0 Å². The zero-order valence-corrected chi connectivity index (χ0v) is 11.2. The van der Waals surface area contributed by atoms with E-state index in [2.05, 4.69) is 22.0 Å². The van der Waals surface area contributed by atoms with E-state index in [1.807, 2.05) is 0 Å². The Hall–Kier alpha value is -0.830. The van der Waals surface area contributed by atoms with E-state index in [4.69, 9.17) is 4.74 Å². The fourth-order valence-electron chi connectivity index (χ4n) is 2.42.